The third-order valence-electron chi connectivity index (χ3n) is 3.37. The number of primary amides is 1. The van der Waals surface area contributed by atoms with Gasteiger partial charge in [0.1, 0.15) is 0 Å². The van der Waals surface area contributed by atoms with Gasteiger partial charge in [-0.1, -0.05) is 6.92 Å². The van der Waals surface area contributed by atoms with Crippen LogP contribution in [0.1, 0.15) is 26.7 Å². The second-order valence-electron chi connectivity index (χ2n) is 4.58. The zero-order valence-electron chi connectivity index (χ0n) is 9.82. The minimum absolute atomic E-state index is 0.212. The highest BCUT2D eigenvalue weighted by molar-refractivity contribution is 5.83. The van der Waals surface area contributed by atoms with Crippen LogP contribution in [0, 0.1) is 5.41 Å². The summed E-state index contributed by atoms with van der Waals surface area (Å²) in [5, 5.41) is 0. The Morgan fingerprint density at radius 1 is 1.56 bits per heavy atom. The van der Waals surface area contributed by atoms with Gasteiger partial charge in [0, 0.05) is 13.1 Å². The molecule has 2 atom stereocenters. The minimum atomic E-state index is -0.525. The van der Waals surface area contributed by atoms with Crippen molar-refractivity contribution in [3.8, 4) is 0 Å². The van der Waals surface area contributed by atoms with Crippen molar-refractivity contribution in [1.29, 1.82) is 0 Å². The summed E-state index contributed by atoms with van der Waals surface area (Å²) in [5.74, 6) is 4.61. The van der Waals surface area contributed by atoms with E-state index in [1.807, 2.05) is 18.7 Å². The third-order valence-corrected chi connectivity index (χ3v) is 3.37. The molecule has 5 N–H and O–H groups in total. The Balaban J connectivity index is 2.71. The average Bonchev–Trinajstić information content (AvgIpc) is 2.63. The van der Waals surface area contributed by atoms with Crippen LogP contribution in [0.2, 0.25) is 0 Å². The van der Waals surface area contributed by atoms with E-state index in [9.17, 15) is 9.59 Å². The number of likely N-dealkylation sites (tertiary alicyclic amines) is 1. The summed E-state index contributed by atoms with van der Waals surface area (Å²) in [6, 6.07) is -0.272. The number of nitrogens with zero attached hydrogens (tertiary/aromatic N) is 1. The summed E-state index contributed by atoms with van der Waals surface area (Å²) in [4.78, 5) is 24.8. The van der Waals surface area contributed by atoms with Crippen LogP contribution in [0.5, 0.6) is 0 Å². The zero-order chi connectivity index (χ0) is 12.3. The van der Waals surface area contributed by atoms with Crippen molar-refractivity contribution in [2.45, 2.75) is 32.7 Å². The molecule has 2 unspecified atom stereocenters. The number of hydrogen-bond acceptors (Lipinski definition) is 4. The van der Waals surface area contributed by atoms with Crippen LogP contribution in [-0.2, 0) is 9.59 Å². The average molecular weight is 228 g/mol. The van der Waals surface area contributed by atoms with Gasteiger partial charge in [-0.3, -0.25) is 19.9 Å². The van der Waals surface area contributed by atoms with Gasteiger partial charge in [0.15, 0.2) is 0 Å². The molecule has 1 rings (SSSR count). The van der Waals surface area contributed by atoms with Gasteiger partial charge in [0.05, 0.1) is 11.5 Å². The predicted octanol–water partition coefficient (Wildman–Crippen LogP) is -1.05. The van der Waals surface area contributed by atoms with Crippen LogP contribution in [0.15, 0.2) is 0 Å². The van der Waals surface area contributed by atoms with Crippen LogP contribution in [0.4, 0.5) is 0 Å². The monoisotopic (exact) mass is 228 g/mol. The van der Waals surface area contributed by atoms with Gasteiger partial charge in [-0.25, -0.2) is 5.84 Å². The van der Waals surface area contributed by atoms with Crippen molar-refractivity contribution in [3.63, 3.8) is 0 Å². The molecule has 2 amide bonds. The fraction of sp³-hybridized carbons (Fsp3) is 0.800. The number of amides is 2. The molecule has 92 valence electrons. The fourth-order valence-electron chi connectivity index (χ4n) is 2.17. The summed E-state index contributed by atoms with van der Waals surface area (Å²) in [5.41, 5.74) is 6.98. The van der Waals surface area contributed by atoms with Gasteiger partial charge >= 0.3 is 0 Å². The van der Waals surface area contributed by atoms with Gasteiger partial charge in [-0.05, 0) is 19.8 Å². The van der Waals surface area contributed by atoms with Crippen molar-refractivity contribution >= 4 is 11.8 Å². The van der Waals surface area contributed by atoms with Crippen LogP contribution in [0.3, 0.4) is 0 Å². The first-order chi connectivity index (χ1) is 7.44. The van der Waals surface area contributed by atoms with Gasteiger partial charge in [0.2, 0.25) is 5.91 Å². The first kappa shape index (κ1) is 12.9. The molecule has 1 aliphatic rings. The molecule has 0 bridgehead atoms. The highest BCUT2D eigenvalue weighted by Crippen LogP contribution is 2.31. The number of hydrazine groups is 1. The molecule has 0 aromatic carbocycles. The van der Waals surface area contributed by atoms with Gasteiger partial charge in [0.25, 0.3) is 5.91 Å². The Morgan fingerprint density at radius 3 is 2.56 bits per heavy atom. The highest BCUT2D eigenvalue weighted by Gasteiger charge is 2.42. The lowest BCUT2D eigenvalue weighted by atomic mass is 9.89. The Morgan fingerprint density at radius 2 is 2.19 bits per heavy atom. The van der Waals surface area contributed by atoms with Crippen molar-refractivity contribution in [3.05, 3.63) is 0 Å². The molecule has 1 fully saturated rings. The van der Waals surface area contributed by atoms with E-state index in [-0.39, 0.29) is 17.9 Å². The first-order valence-electron chi connectivity index (χ1n) is 5.49. The number of nitrogens with two attached hydrogens (primary N) is 2. The number of carbonyl (C=O) groups excluding carboxylic acids is 2. The second-order valence-corrected chi connectivity index (χ2v) is 4.58. The smallest absolute Gasteiger partial charge is 0.251 e. The maximum atomic E-state index is 11.5. The van der Waals surface area contributed by atoms with E-state index in [0.717, 1.165) is 0 Å². The Hall–Kier alpha value is -1.14. The van der Waals surface area contributed by atoms with Crippen molar-refractivity contribution < 1.29 is 9.59 Å². The standard InChI is InChI=1S/C10H20N4O2/c1-3-7(8(15)13-12)14-5-4-10(2,6-14)9(11)16/h7H,3-6,12H2,1-2H3,(H2,11,16)(H,13,15). The molecular weight excluding hydrogens is 208 g/mol. The van der Waals surface area contributed by atoms with Gasteiger partial charge in [-0.15, -0.1) is 0 Å². The largest absolute Gasteiger partial charge is 0.369 e. The molecule has 1 heterocycles. The summed E-state index contributed by atoms with van der Waals surface area (Å²) < 4.78 is 0. The molecule has 1 saturated heterocycles. The highest BCUT2D eigenvalue weighted by atomic mass is 16.2. The molecule has 16 heavy (non-hydrogen) atoms. The maximum Gasteiger partial charge on any atom is 0.251 e. The van der Waals surface area contributed by atoms with E-state index in [1.165, 1.54) is 0 Å². The number of rotatable bonds is 4. The van der Waals surface area contributed by atoms with Crippen molar-refractivity contribution in [1.82, 2.24) is 10.3 Å². The van der Waals surface area contributed by atoms with Crippen LogP contribution in [-0.4, -0.2) is 35.8 Å². The molecule has 0 aromatic rings. The SMILES string of the molecule is CCC(C(=O)NN)N1CCC(C)(C(N)=O)C1. The second kappa shape index (κ2) is 4.80. The topological polar surface area (TPSA) is 101 Å². The number of hydrogen-bond donors (Lipinski definition) is 3. The Kier molecular flexibility index (Phi) is 3.88. The summed E-state index contributed by atoms with van der Waals surface area (Å²) in [6.07, 6.45) is 1.36. The zero-order valence-corrected chi connectivity index (χ0v) is 9.82. The van der Waals surface area contributed by atoms with Crippen LogP contribution in [0.25, 0.3) is 0 Å². The molecule has 0 saturated carbocycles. The quantitative estimate of drug-likeness (QED) is 0.325. The third kappa shape index (κ3) is 2.33. The Labute approximate surface area is 95.3 Å². The Bertz CT molecular complexity index is 295. The summed E-state index contributed by atoms with van der Waals surface area (Å²) in [7, 11) is 0. The van der Waals surface area contributed by atoms with Gasteiger partial charge < -0.3 is 5.73 Å². The molecule has 6 heteroatoms. The van der Waals surface area contributed by atoms with Gasteiger partial charge in [-0.2, -0.15) is 0 Å². The van der Waals surface area contributed by atoms with Crippen molar-refractivity contribution in [2.75, 3.05) is 13.1 Å². The fourth-order valence-corrected chi connectivity index (χ4v) is 2.17. The van der Waals surface area contributed by atoms with E-state index >= 15 is 0 Å². The van der Waals surface area contributed by atoms with E-state index in [4.69, 9.17) is 11.6 Å². The van der Waals surface area contributed by atoms with Crippen LogP contribution >= 0.6 is 0 Å². The van der Waals surface area contributed by atoms with Crippen molar-refractivity contribution in [2.24, 2.45) is 17.0 Å². The lowest BCUT2D eigenvalue weighted by molar-refractivity contribution is -0.129. The number of nitrogens with one attached hydrogen (secondary N) is 1. The molecule has 0 spiro atoms. The lowest BCUT2D eigenvalue weighted by Crippen LogP contribution is -2.49. The summed E-state index contributed by atoms with van der Waals surface area (Å²) >= 11 is 0. The normalized spacial score (nSPS) is 27.7. The molecule has 0 aromatic heterocycles. The first-order valence-corrected chi connectivity index (χ1v) is 5.49. The molecule has 6 nitrogen and oxygen atoms in total. The molecule has 0 radical (unpaired) electrons. The molecular formula is C10H20N4O2. The maximum absolute atomic E-state index is 11.5. The van der Waals surface area contributed by atoms with E-state index in [1.54, 1.807) is 0 Å². The predicted molar refractivity (Wildman–Crippen MR) is 59.9 cm³/mol. The van der Waals surface area contributed by atoms with E-state index in [0.29, 0.717) is 25.9 Å². The minimum Gasteiger partial charge on any atom is -0.369 e. The van der Waals surface area contributed by atoms with Crippen LogP contribution < -0.4 is 17.0 Å². The summed E-state index contributed by atoms with van der Waals surface area (Å²) in [6.45, 7) is 4.97. The number of carbonyl (C=O) groups is 2. The molecule has 1 aliphatic heterocycles. The van der Waals surface area contributed by atoms with E-state index in [2.05, 4.69) is 5.43 Å². The van der Waals surface area contributed by atoms with E-state index < -0.39 is 5.41 Å². The lowest BCUT2D eigenvalue weighted by Gasteiger charge is -2.26. The molecule has 0 aliphatic carbocycles.